The van der Waals surface area contributed by atoms with Gasteiger partial charge in [0, 0.05) is 31.9 Å². The van der Waals surface area contributed by atoms with Crippen LogP contribution in [0.1, 0.15) is 24.8 Å². The maximum atomic E-state index is 12.3. The zero-order chi connectivity index (χ0) is 14.9. The highest BCUT2D eigenvalue weighted by Gasteiger charge is 2.48. The number of likely N-dealkylation sites (tertiary alicyclic amines) is 1. The van der Waals surface area contributed by atoms with Crippen molar-refractivity contribution in [1.82, 2.24) is 15.2 Å². The van der Waals surface area contributed by atoms with Gasteiger partial charge in [-0.05, 0) is 24.5 Å². The van der Waals surface area contributed by atoms with Crippen molar-refractivity contribution >= 4 is 17.7 Å². The molecular formula is C15H17N3O3. The summed E-state index contributed by atoms with van der Waals surface area (Å²) in [4.78, 5) is 41.4. The van der Waals surface area contributed by atoms with Crippen molar-refractivity contribution in [3.05, 3.63) is 30.1 Å². The summed E-state index contributed by atoms with van der Waals surface area (Å²) in [5, 5.41) is 2.40. The number of imide groups is 1. The lowest BCUT2D eigenvalue weighted by Crippen LogP contribution is -2.50. The number of nitrogens with zero attached hydrogens (tertiary/aromatic N) is 2. The van der Waals surface area contributed by atoms with E-state index in [1.807, 2.05) is 6.07 Å². The summed E-state index contributed by atoms with van der Waals surface area (Å²) >= 11 is 0. The summed E-state index contributed by atoms with van der Waals surface area (Å²) in [6, 6.07) is 3.66. The lowest BCUT2D eigenvalue weighted by Gasteiger charge is -2.31. The number of hydrogen-bond acceptors (Lipinski definition) is 4. The smallest absolute Gasteiger partial charge is 0.234 e. The molecule has 2 aliphatic rings. The fourth-order valence-corrected chi connectivity index (χ4v) is 3.05. The van der Waals surface area contributed by atoms with Gasteiger partial charge in [-0.2, -0.15) is 0 Å². The van der Waals surface area contributed by atoms with Crippen LogP contribution in [0, 0.1) is 5.41 Å². The van der Waals surface area contributed by atoms with E-state index in [1.165, 1.54) is 0 Å². The fraction of sp³-hybridized carbons (Fsp3) is 0.467. The number of hydrogen-bond donors (Lipinski definition) is 1. The summed E-state index contributed by atoms with van der Waals surface area (Å²) < 4.78 is 0. The van der Waals surface area contributed by atoms with Crippen molar-refractivity contribution in [2.45, 2.75) is 25.7 Å². The molecule has 0 aromatic carbocycles. The third-order valence-electron chi connectivity index (χ3n) is 4.35. The fourth-order valence-electron chi connectivity index (χ4n) is 3.05. The van der Waals surface area contributed by atoms with Crippen molar-refractivity contribution in [2.75, 3.05) is 13.1 Å². The predicted octanol–water partition coefficient (Wildman–Crippen LogP) is 0.279. The van der Waals surface area contributed by atoms with E-state index in [-0.39, 0.29) is 17.7 Å². The molecule has 1 aromatic rings. The number of piperidine rings is 1. The van der Waals surface area contributed by atoms with E-state index in [0.29, 0.717) is 38.8 Å². The minimum Gasteiger partial charge on any atom is -0.341 e. The highest BCUT2D eigenvalue weighted by atomic mass is 16.2. The number of aromatic nitrogens is 1. The maximum Gasteiger partial charge on any atom is 0.234 e. The lowest BCUT2D eigenvalue weighted by atomic mass is 9.79. The van der Waals surface area contributed by atoms with E-state index in [9.17, 15) is 14.4 Å². The van der Waals surface area contributed by atoms with Gasteiger partial charge in [0.25, 0.3) is 0 Å². The molecule has 2 fully saturated rings. The highest BCUT2D eigenvalue weighted by molar-refractivity contribution is 6.01. The van der Waals surface area contributed by atoms with E-state index in [0.717, 1.165) is 5.56 Å². The van der Waals surface area contributed by atoms with Crippen LogP contribution < -0.4 is 5.32 Å². The van der Waals surface area contributed by atoms with Gasteiger partial charge in [-0.3, -0.25) is 24.7 Å². The zero-order valence-electron chi connectivity index (χ0n) is 11.7. The van der Waals surface area contributed by atoms with Crippen LogP contribution in [0.25, 0.3) is 0 Å². The lowest BCUT2D eigenvalue weighted by molar-refractivity contribution is -0.141. The molecule has 1 atom stereocenters. The second-order valence-electron chi connectivity index (χ2n) is 5.76. The number of rotatable bonds is 2. The molecule has 21 heavy (non-hydrogen) atoms. The normalized spacial score (nSPS) is 25.2. The molecule has 3 heterocycles. The van der Waals surface area contributed by atoms with Crippen molar-refractivity contribution in [1.29, 1.82) is 0 Å². The third kappa shape index (κ3) is 2.66. The van der Waals surface area contributed by atoms with E-state index in [4.69, 9.17) is 0 Å². The average Bonchev–Trinajstić information content (AvgIpc) is 2.90. The Morgan fingerprint density at radius 3 is 2.95 bits per heavy atom. The molecule has 6 heteroatoms. The monoisotopic (exact) mass is 287 g/mol. The van der Waals surface area contributed by atoms with Gasteiger partial charge >= 0.3 is 0 Å². The van der Waals surface area contributed by atoms with Gasteiger partial charge < -0.3 is 4.90 Å². The van der Waals surface area contributed by atoms with Gasteiger partial charge in [0.05, 0.1) is 11.8 Å². The molecule has 0 aliphatic carbocycles. The van der Waals surface area contributed by atoms with Crippen LogP contribution in [-0.4, -0.2) is 40.7 Å². The van der Waals surface area contributed by atoms with Crippen LogP contribution in [0.15, 0.2) is 24.5 Å². The largest absolute Gasteiger partial charge is 0.341 e. The van der Waals surface area contributed by atoms with Crippen molar-refractivity contribution in [3.63, 3.8) is 0 Å². The third-order valence-corrected chi connectivity index (χ3v) is 4.35. The van der Waals surface area contributed by atoms with Crippen LogP contribution in [-0.2, 0) is 20.8 Å². The molecule has 1 aromatic heterocycles. The van der Waals surface area contributed by atoms with E-state index in [2.05, 4.69) is 10.3 Å². The number of amides is 3. The molecule has 0 radical (unpaired) electrons. The first-order valence-corrected chi connectivity index (χ1v) is 7.10. The Kier molecular flexibility index (Phi) is 3.45. The Labute approximate surface area is 122 Å². The van der Waals surface area contributed by atoms with E-state index in [1.54, 1.807) is 23.4 Å². The van der Waals surface area contributed by atoms with E-state index >= 15 is 0 Å². The molecule has 3 rings (SSSR count). The second kappa shape index (κ2) is 5.27. The first kappa shape index (κ1) is 13.7. The Balaban J connectivity index is 1.65. The molecule has 1 unspecified atom stereocenters. The molecule has 2 aliphatic heterocycles. The summed E-state index contributed by atoms with van der Waals surface area (Å²) in [5.74, 6) is -0.439. The summed E-state index contributed by atoms with van der Waals surface area (Å²) in [7, 11) is 0. The topological polar surface area (TPSA) is 79.4 Å². The van der Waals surface area contributed by atoms with Gasteiger partial charge in [-0.1, -0.05) is 6.07 Å². The van der Waals surface area contributed by atoms with Crippen LogP contribution in [0.4, 0.5) is 0 Å². The molecule has 0 saturated carbocycles. The first-order valence-electron chi connectivity index (χ1n) is 7.10. The van der Waals surface area contributed by atoms with Gasteiger partial charge in [0.2, 0.25) is 17.7 Å². The second-order valence-corrected chi connectivity index (χ2v) is 5.76. The Morgan fingerprint density at radius 1 is 1.38 bits per heavy atom. The quantitative estimate of drug-likeness (QED) is 0.792. The standard InChI is InChI=1S/C15H17N3O3/c19-12-3-4-15(14(21)17-12)5-7-18(10-15)13(20)8-11-2-1-6-16-9-11/h1-2,6,9H,3-5,7-8,10H2,(H,17,19,21). The summed E-state index contributed by atoms with van der Waals surface area (Å²) in [6.45, 7) is 0.978. The molecule has 1 spiro atoms. The SMILES string of the molecule is O=C1CCC2(CCN(C(=O)Cc3cccnc3)C2)C(=O)N1. The maximum absolute atomic E-state index is 12.3. The van der Waals surface area contributed by atoms with Crippen LogP contribution >= 0.6 is 0 Å². The minimum absolute atomic E-state index is 0.00424. The highest BCUT2D eigenvalue weighted by Crippen LogP contribution is 2.37. The minimum atomic E-state index is -0.571. The number of pyridine rings is 1. The van der Waals surface area contributed by atoms with Crippen LogP contribution in [0.2, 0.25) is 0 Å². The summed E-state index contributed by atoms with van der Waals surface area (Å²) in [5.41, 5.74) is 0.296. The number of carbonyl (C=O) groups is 3. The first-order chi connectivity index (χ1) is 10.1. The average molecular weight is 287 g/mol. The van der Waals surface area contributed by atoms with Crippen LogP contribution in [0.3, 0.4) is 0 Å². The van der Waals surface area contributed by atoms with E-state index < -0.39 is 5.41 Å². The Hall–Kier alpha value is -2.24. The van der Waals surface area contributed by atoms with Crippen LogP contribution in [0.5, 0.6) is 0 Å². The molecule has 0 bridgehead atoms. The molecule has 2 saturated heterocycles. The van der Waals surface area contributed by atoms with Crippen molar-refractivity contribution in [3.8, 4) is 0 Å². The number of carbonyl (C=O) groups excluding carboxylic acids is 3. The van der Waals surface area contributed by atoms with Crippen molar-refractivity contribution in [2.24, 2.45) is 5.41 Å². The van der Waals surface area contributed by atoms with Gasteiger partial charge in [-0.15, -0.1) is 0 Å². The molecular weight excluding hydrogens is 270 g/mol. The van der Waals surface area contributed by atoms with Gasteiger partial charge in [0.1, 0.15) is 0 Å². The van der Waals surface area contributed by atoms with Gasteiger partial charge in [0.15, 0.2) is 0 Å². The molecule has 1 N–H and O–H groups in total. The molecule has 110 valence electrons. The van der Waals surface area contributed by atoms with Crippen molar-refractivity contribution < 1.29 is 14.4 Å². The number of nitrogens with one attached hydrogen (secondary N) is 1. The Bertz CT molecular complexity index is 587. The molecule has 6 nitrogen and oxygen atoms in total. The summed E-state index contributed by atoms with van der Waals surface area (Å²) in [6.07, 6.45) is 5.16. The van der Waals surface area contributed by atoms with Gasteiger partial charge in [-0.25, -0.2) is 0 Å². The molecule has 3 amide bonds. The Morgan fingerprint density at radius 2 is 2.24 bits per heavy atom. The zero-order valence-corrected chi connectivity index (χ0v) is 11.7. The predicted molar refractivity (Wildman–Crippen MR) is 74.0 cm³/mol.